The van der Waals surface area contributed by atoms with Gasteiger partial charge in [-0.3, -0.25) is 4.79 Å². The Morgan fingerprint density at radius 1 is 1.28 bits per heavy atom. The standard InChI is InChI=1S/C17H27N3O3S.ClH/c1-13(18-3)12-19-17(21)15-7-9-16(10-8-15)24(22,23)20-11-5-4-6-14(20)2;/h7-10,13-14,18H,4-6,11-12H2,1-3H3,(H,19,21);1H. The molecule has 0 radical (unpaired) electrons. The van der Waals surface area contributed by atoms with E-state index >= 15 is 0 Å². The molecule has 0 saturated carbocycles. The lowest BCUT2D eigenvalue weighted by Crippen LogP contribution is -2.41. The Bertz CT molecular complexity index is 664. The number of amides is 1. The van der Waals surface area contributed by atoms with E-state index in [1.807, 2.05) is 20.9 Å². The minimum Gasteiger partial charge on any atom is -0.350 e. The molecule has 0 aliphatic carbocycles. The first-order valence-corrected chi connectivity index (χ1v) is 9.87. The largest absolute Gasteiger partial charge is 0.350 e. The van der Waals surface area contributed by atoms with Crippen molar-refractivity contribution in [3.05, 3.63) is 29.8 Å². The Balaban J connectivity index is 0.00000312. The third kappa shape index (κ3) is 5.41. The summed E-state index contributed by atoms with van der Waals surface area (Å²) >= 11 is 0. The molecule has 142 valence electrons. The molecule has 2 atom stereocenters. The summed E-state index contributed by atoms with van der Waals surface area (Å²) in [6, 6.07) is 6.38. The molecular weight excluding hydrogens is 362 g/mol. The van der Waals surface area contributed by atoms with Crippen molar-refractivity contribution < 1.29 is 13.2 Å². The minimum absolute atomic E-state index is 0. The molecule has 1 aliphatic heterocycles. The second-order valence-electron chi connectivity index (χ2n) is 6.38. The maximum atomic E-state index is 12.7. The summed E-state index contributed by atoms with van der Waals surface area (Å²) < 4.78 is 27.1. The van der Waals surface area contributed by atoms with Gasteiger partial charge in [0, 0.05) is 30.7 Å². The molecule has 1 aromatic carbocycles. The van der Waals surface area contributed by atoms with E-state index in [0.717, 1.165) is 19.3 Å². The first-order chi connectivity index (χ1) is 11.4. The summed E-state index contributed by atoms with van der Waals surface area (Å²) in [5.41, 5.74) is 0.462. The van der Waals surface area contributed by atoms with E-state index in [1.165, 1.54) is 12.1 Å². The number of carbonyl (C=O) groups excluding carboxylic acids is 1. The van der Waals surface area contributed by atoms with Gasteiger partial charge in [-0.25, -0.2) is 8.42 Å². The summed E-state index contributed by atoms with van der Waals surface area (Å²) in [4.78, 5) is 12.3. The van der Waals surface area contributed by atoms with E-state index in [-0.39, 0.29) is 35.3 Å². The molecule has 1 heterocycles. The predicted octanol–water partition coefficient (Wildman–Crippen LogP) is 2.01. The van der Waals surface area contributed by atoms with Crippen LogP contribution in [0.25, 0.3) is 0 Å². The second-order valence-corrected chi connectivity index (χ2v) is 8.28. The first-order valence-electron chi connectivity index (χ1n) is 8.43. The highest BCUT2D eigenvalue weighted by Crippen LogP contribution is 2.25. The highest BCUT2D eigenvalue weighted by molar-refractivity contribution is 7.89. The number of piperidine rings is 1. The van der Waals surface area contributed by atoms with Crippen LogP contribution in [0.1, 0.15) is 43.5 Å². The van der Waals surface area contributed by atoms with E-state index in [9.17, 15) is 13.2 Å². The average Bonchev–Trinajstić information content (AvgIpc) is 2.59. The molecule has 1 aliphatic rings. The van der Waals surface area contributed by atoms with Gasteiger partial charge in [-0.2, -0.15) is 4.31 Å². The highest BCUT2D eigenvalue weighted by Gasteiger charge is 2.30. The molecule has 8 heteroatoms. The monoisotopic (exact) mass is 389 g/mol. The number of nitrogens with zero attached hydrogens (tertiary/aromatic N) is 1. The fraction of sp³-hybridized carbons (Fsp3) is 0.588. The third-order valence-electron chi connectivity index (χ3n) is 4.53. The second kappa shape index (κ2) is 9.52. The van der Waals surface area contributed by atoms with Crippen LogP contribution in [0.15, 0.2) is 29.2 Å². The van der Waals surface area contributed by atoms with Crippen molar-refractivity contribution in [2.24, 2.45) is 0 Å². The van der Waals surface area contributed by atoms with E-state index in [4.69, 9.17) is 0 Å². The maximum absolute atomic E-state index is 12.7. The maximum Gasteiger partial charge on any atom is 0.251 e. The lowest BCUT2D eigenvalue weighted by molar-refractivity contribution is 0.0950. The Labute approximate surface area is 156 Å². The molecule has 0 spiro atoms. The minimum atomic E-state index is -3.49. The van der Waals surface area contributed by atoms with Crippen LogP contribution in [0.2, 0.25) is 0 Å². The Hall–Kier alpha value is -1.15. The van der Waals surface area contributed by atoms with Gasteiger partial charge in [-0.1, -0.05) is 6.42 Å². The fourth-order valence-electron chi connectivity index (χ4n) is 2.79. The normalized spacial score (nSPS) is 19.7. The van der Waals surface area contributed by atoms with Crippen LogP contribution in [0.4, 0.5) is 0 Å². The molecule has 1 aromatic rings. The van der Waals surface area contributed by atoms with Crippen molar-refractivity contribution >= 4 is 28.3 Å². The van der Waals surface area contributed by atoms with Crippen molar-refractivity contribution in [1.82, 2.24) is 14.9 Å². The topological polar surface area (TPSA) is 78.5 Å². The lowest BCUT2D eigenvalue weighted by Gasteiger charge is -2.32. The lowest BCUT2D eigenvalue weighted by atomic mass is 10.1. The van der Waals surface area contributed by atoms with Crippen molar-refractivity contribution in [3.63, 3.8) is 0 Å². The quantitative estimate of drug-likeness (QED) is 0.780. The summed E-state index contributed by atoms with van der Waals surface area (Å²) in [6.07, 6.45) is 2.86. The highest BCUT2D eigenvalue weighted by atomic mass is 35.5. The van der Waals surface area contributed by atoms with Gasteiger partial charge in [0.1, 0.15) is 0 Å². The third-order valence-corrected chi connectivity index (χ3v) is 6.55. The van der Waals surface area contributed by atoms with Gasteiger partial charge in [0.25, 0.3) is 5.91 Å². The molecule has 2 N–H and O–H groups in total. The summed E-state index contributed by atoms with van der Waals surface area (Å²) in [6.45, 7) is 4.99. The summed E-state index contributed by atoms with van der Waals surface area (Å²) in [7, 11) is -1.66. The number of carbonyl (C=O) groups is 1. The average molecular weight is 390 g/mol. The number of halogens is 1. The van der Waals surface area contributed by atoms with E-state index in [0.29, 0.717) is 18.7 Å². The van der Waals surface area contributed by atoms with Crippen LogP contribution in [0.3, 0.4) is 0 Å². The molecule has 2 rings (SSSR count). The number of hydrogen-bond acceptors (Lipinski definition) is 4. The van der Waals surface area contributed by atoms with Crippen molar-refractivity contribution in [3.8, 4) is 0 Å². The first kappa shape index (κ1) is 21.9. The van der Waals surface area contributed by atoms with Gasteiger partial charge in [0.15, 0.2) is 0 Å². The van der Waals surface area contributed by atoms with Crippen LogP contribution < -0.4 is 10.6 Å². The molecule has 1 saturated heterocycles. The van der Waals surface area contributed by atoms with E-state index in [1.54, 1.807) is 16.4 Å². The Morgan fingerprint density at radius 2 is 1.92 bits per heavy atom. The van der Waals surface area contributed by atoms with Crippen LogP contribution >= 0.6 is 12.4 Å². The van der Waals surface area contributed by atoms with Gasteiger partial charge in [0.2, 0.25) is 10.0 Å². The smallest absolute Gasteiger partial charge is 0.251 e. The van der Waals surface area contributed by atoms with Crippen molar-refractivity contribution in [2.45, 2.75) is 50.1 Å². The van der Waals surface area contributed by atoms with Gasteiger partial charge in [-0.15, -0.1) is 12.4 Å². The molecule has 2 unspecified atom stereocenters. The number of nitrogens with one attached hydrogen (secondary N) is 2. The summed E-state index contributed by atoms with van der Waals surface area (Å²) in [5, 5.41) is 5.86. The zero-order chi connectivity index (χ0) is 17.7. The zero-order valence-electron chi connectivity index (χ0n) is 15.0. The predicted molar refractivity (Wildman–Crippen MR) is 102 cm³/mol. The van der Waals surface area contributed by atoms with Gasteiger partial charge >= 0.3 is 0 Å². The Morgan fingerprint density at radius 3 is 2.48 bits per heavy atom. The molecule has 0 bridgehead atoms. The van der Waals surface area contributed by atoms with E-state index < -0.39 is 10.0 Å². The summed E-state index contributed by atoms with van der Waals surface area (Å²) in [5.74, 6) is -0.201. The Kier molecular flexibility index (Phi) is 8.34. The number of benzene rings is 1. The molecule has 25 heavy (non-hydrogen) atoms. The molecule has 6 nitrogen and oxygen atoms in total. The van der Waals surface area contributed by atoms with Crippen molar-refractivity contribution in [2.75, 3.05) is 20.1 Å². The van der Waals surface area contributed by atoms with Crippen molar-refractivity contribution in [1.29, 1.82) is 0 Å². The zero-order valence-corrected chi connectivity index (χ0v) is 16.6. The van der Waals surface area contributed by atoms with Gasteiger partial charge < -0.3 is 10.6 Å². The number of rotatable bonds is 6. The van der Waals surface area contributed by atoms with Crippen LogP contribution in [-0.2, 0) is 10.0 Å². The van der Waals surface area contributed by atoms with Gasteiger partial charge in [0.05, 0.1) is 4.90 Å². The molecule has 0 aromatic heterocycles. The van der Waals surface area contributed by atoms with Gasteiger partial charge in [-0.05, 0) is 58.0 Å². The van der Waals surface area contributed by atoms with Crippen LogP contribution in [-0.4, -0.2) is 50.9 Å². The van der Waals surface area contributed by atoms with Crippen LogP contribution in [0.5, 0.6) is 0 Å². The number of hydrogen-bond donors (Lipinski definition) is 2. The van der Waals surface area contributed by atoms with E-state index in [2.05, 4.69) is 10.6 Å². The molecular formula is C17H28ClN3O3S. The number of sulfonamides is 1. The molecule has 1 amide bonds. The number of likely N-dealkylation sites (N-methyl/N-ethyl adjacent to an activating group) is 1. The SMILES string of the molecule is CNC(C)CNC(=O)c1ccc(S(=O)(=O)N2CCCCC2C)cc1.Cl. The van der Waals surface area contributed by atoms with Crippen LogP contribution in [0, 0.1) is 0 Å². The molecule has 1 fully saturated rings. The fourth-order valence-corrected chi connectivity index (χ4v) is 4.49.